The number of benzene rings is 2. The lowest BCUT2D eigenvalue weighted by atomic mass is 9.97. The van der Waals surface area contributed by atoms with Gasteiger partial charge in [0.2, 0.25) is 0 Å². The Kier molecular flexibility index (Phi) is 4.57. The van der Waals surface area contributed by atoms with Crippen molar-refractivity contribution < 1.29 is 14.0 Å². The molecule has 3 aromatic rings. The topological polar surface area (TPSA) is 50.5 Å². The smallest absolute Gasteiger partial charge is 0.254 e. The summed E-state index contributed by atoms with van der Waals surface area (Å²) in [6.45, 7) is 0.347. The van der Waals surface area contributed by atoms with E-state index >= 15 is 0 Å². The number of ketones is 1. The van der Waals surface area contributed by atoms with Crippen molar-refractivity contribution in [1.82, 2.24) is 4.90 Å². The molecule has 0 spiro atoms. The Morgan fingerprint density at radius 3 is 2.21 bits per heavy atom. The predicted octanol–water partition coefficient (Wildman–Crippen LogP) is 3.78. The summed E-state index contributed by atoms with van der Waals surface area (Å²) >= 11 is 0. The van der Waals surface area contributed by atoms with E-state index in [1.165, 1.54) is 4.90 Å². The molecule has 0 saturated carbocycles. The molecule has 0 radical (unpaired) electrons. The van der Waals surface area contributed by atoms with Crippen molar-refractivity contribution in [3.05, 3.63) is 95.4 Å². The van der Waals surface area contributed by atoms with Gasteiger partial charge < -0.3 is 9.32 Å². The fraction of sp³-hybridized carbons (Fsp3) is 0.100. The Morgan fingerprint density at radius 2 is 1.54 bits per heavy atom. The molecule has 2 aromatic carbocycles. The lowest BCUT2D eigenvalue weighted by molar-refractivity contribution is 0.0771. The molecule has 0 N–H and O–H groups in total. The first-order valence-electron chi connectivity index (χ1n) is 7.63. The second-order valence-corrected chi connectivity index (χ2v) is 5.48. The van der Waals surface area contributed by atoms with E-state index < -0.39 is 0 Å². The standard InChI is InChI=1S/C20H17NO3/c1-21(14-16-10-7-13-24-16)20(23)18-12-6-5-11-17(18)19(22)15-8-3-2-4-9-15/h2-13H,14H2,1H3. The molecule has 1 heterocycles. The first-order valence-corrected chi connectivity index (χ1v) is 7.63. The summed E-state index contributed by atoms with van der Waals surface area (Å²) in [5, 5.41) is 0. The molecule has 0 atom stereocenters. The van der Waals surface area contributed by atoms with E-state index in [1.807, 2.05) is 12.1 Å². The minimum atomic E-state index is -0.216. The van der Waals surface area contributed by atoms with Crippen molar-refractivity contribution in [1.29, 1.82) is 0 Å². The monoisotopic (exact) mass is 319 g/mol. The van der Waals surface area contributed by atoms with Crippen LogP contribution in [0, 0.1) is 0 Å². The Bertz CT molecular complexity index is 838. The van der Waals surface area contributed by atoms with Crippen LogP contribution < -0.4 is 0 Å². The van der Waals surface area contributed by atoms with Crippen LogP contribution >= 0.6 is 0 Å². The first-order chi connectivity index (χ1) is 11.7. The Labute approximate surface area is 140 Å². The molecule has 120 valence electrons. The van der Waals surface area contributed by atoms with Crippen LogP contribution in [0.4, 0.5) is 0 Å². The van der Waals surface area contributed by atoms with E-state index in [0.717, 1.165) is 0 Å². The number of furan rings is 1. The Hall–Kier alpha value is -3.14. The Morgan fingerprint density at radius 1 is 0.875 bits per heavy atom. The van der Waals surface area contributed by atoms with Crippen LogP contribution in [0.25, 0.3) is 0 Å². The predicted molar refractivity (Wildman–Crippen MR) is 90.8 cm³/mol. The lowest BCUT2D eigenvalue weighted by Crippen LogP contribution is -2.27. The molecule has 1 aromatic heterocycles. The van der Waals surface area contributed by atoms with Crippen molar-refractivity contribution >= 4 is 11.7 Å². The molecule has 4 heteroatoms. The molecule has 0 fully saturated rings. The van der Waals surface area contributed by atoms with Crippen molar-refractivity contribution in [2.45, 2.75) is 6.54 Å². The summed E-state index contributed by atoms with van der Waals surface area (Å²) in [4.78, 5) is 27.0. The van der Waals surface area contributed by atoms with Gasteiger partial charge in [0, 0.05) is 18.2 Å². The van der Waals surface area contributed by atoms with Gasteiger partial charge in [-0.3, -0.25) is 9.59 Å². The third kappa shape index (κ3) is 3.27. The summed E-state index contributed by atoms with van der Waals surface area (Å²) < 4.78 is 5.28. The third-order valence-electron chi connectivity index (χ3n) is 3.76. The maximum absolute atomic E-state index is 12.8. The van der Waals surface area contributed by atoms with E-state index in [4.69, 9.17) is 4.42 Å². The van der Waals surface area contributed by atoms with Gasteiger partial charge in [-0.15, -0.1) is 0 Å². The van der Waals surface area contributed by atoms with Crippen molar-refractivity contribution in [2.24, 2.45) is 0 Å². The summed E-state index contributed by atoms with van der Waals surface area (Å²) in [5.74, 6) is 0.315. The fourth-order valence-corrected chi connectivity index (χ4v) is 2.53. The number of hydrogen-bond donors (Lipinski definition) is 0. The number of carbonyl (C=O) groups excluding carboxylic acids is 2. The maximum Gasteiger partial charge on any atom is 0.254 e. The van der Waals surface area contributed by atoms with Gasteiger partial charge in [-0.2, -0.15) is 0 Å². The normalized spacial score (nSPS) is 10.4. The van der Waals surface area contributed by atoms with Gasteiger partial charge in [-0.1, -0.05) is 48.5 Å². The van der Waals surface area contributed by atoms with Crippen LogP contribution in [0.2, 0.25) is 0 Å². The highest BCUT2D eigenvalue weighted by atomic mass is 16.3. The molecule has 24 heavy (non-hydrogen) atoms. The summed E-state index contributed by atoms with van der Waals surface area (Å²) in [6, 6.07) is 19.4. The third-order valence-corrected chi connectivity index (χ3v) is 3.76. The quantitative estimate of drug-likeness (QED) is 0.672. The SMILES string of the molecule is CN(Cc1ccco1)C(=O)c1ccccc1C(=O)c1ccccc1. The summed E-state index contributed by atoms with van der Waals surface area (Å²) in [6.07, 6.45) is 1.57. The van der Waals surface area contributed by atoms with Gasteiger partial charge in [-0.05, 0) is 18.2 Å². The molecule has 0 aliphatic carbocycles. The zero-order chi connectivity index (χ0) is 16.9. The van der Waals surface area contributed by atoms with Crippen LogP contribution in [0.3, 0.4) is 0 Å². The van der Waals surface area contributed by atoms with E-state index in [1.54, 1.807) is 67.9 Å². The van der Waals surface area contributed by atoms with Crippen molar-refractivity contribution in [3.63, 3.8) is 0 Å². The van der Waals surface area contributed by atoms with E-state index in [0.29, 0.717) is 29.0 Å². The summed E-state index contributed by atoms with van der Waals surface area (Å²) in [7, 11) is 1.69. The number of hydrogen-bond acceptors (Lipinski definition) is 3. The second kappa shape index (κ2) is 6.96. The van der Waals surface area contributed by atoms with Crippen molar-refractivity contribution in [2.75, 3.05) is 7.05 Å². The van der Waals surface area contributed by atoms with Crippen LogP contribution in [-0.4, -0.2) is 23.6 Å². The molecule has 4 nitrogen and oxygen atoms in total. The van der Waals surface area contributed by atoms with Gasteiger partial charge in [0.1, 0.15) is 5.76 Å². The van der Waals surface area contributed by atoms with Crippen LogP contribution in [0.5, 0.6) is 0 Å². The number of amides is 1. The fourth-order valence-electron chi connectivity index (χ4n) is 2.53. The molecule has 0 aliphatic heterocycles. The van der Waals surface area contributed by atoms with E-state index in [9.17, 15) is 9.59 Å². The van der Waals surface area contributed by atoms with Crippen LogP contribution in [0.15, 0.2) is 77.4 Å². The van der Waals surface area contributed by atoms with Gasteiger partial charge in [0.15, 0.2) is 5.78 Å². The van der Waals surface area contributed by atoms with Gasteiger partial charge in [0.05, 0.1) is 18.4 Å². The zero-order valence-electron chi connectivity index (χ0n) is 13.3. The largest absolute Gasteiger partial charge is 0.467 e. The van der Waals surface area contributed by atoms with E-state index in [-0.39, 0.29) is 11.7 Å². The molecular weight excluding hydrogens is 302 g/mol. The highest BCUT2D eigenvalue weighted by Gasteiger charge is 2.20. The molecule has 0 saturated heterocycles. The van der Waals surface area contributed by atoms with Crippen LogP contribution in [0.1, 0.15) is 32.0 Å². The zero-order valence-corrected chi connectivity index (χ0v) is 13.3. The molecule has 0 bridgehead atoms. The highest BCUT2D eigenvalue weighted by Crippen LogP contribution is 2.17. The number of carbonyl (C=O) groups is 2. The average Bonchev–Trinajstić information content (AvgIpc) is 3.14. The number of rotatable bonds is 5. The van der Waals surface area contributed by atoms with Crippen LogP contribution in [-0.2, 0) is 6.54 Å². The maximum atomic E-state index is 12.8. The molecule has 0 aliphatic rings. The minimum Gasteiger partial charge on any atom is -0.467 e. The lowest BCUT2D eigenvalue weighted by Gasteiger charge is -2.17. The minimum absolute atomic E-state index is 0.161. The van der Waals surface area contributed by atoms with Gasteiger partial charge in [0.25, 0.3) is 5.91 Å². The van der Waals surface area contributed by atoms with Crippen molar-refractivity contribution in [3.8, 4) is 0 Å². The first kappa shape index (κ1) is 15.7. The Balaban J connectivity index is 1.88. The van der Waals surface area contributed by atoms with E-state index in [2.05, 4.69) is 0 Å². The highest BCUT2D eigenvalue weighted by molar-refractivity contribution is 6.15. The molecular formula is C20H17NO3. The second-order valence-electron chi connectivity index (χ2n) is 5.48. The number of nitrogens with zero attached hydrogens (tertiary/aromatic N) is 1. The summed E-state index contributed by atoms with van der Waals surface area (Å²) in [5.41, 5.74) is 1.35. The van der Waals surface area contributed by atoms with Gasteiger partial charge >= 0.3 is 0 Å². The van der Waals surface area contributed by atoms with Gasteiger partial charge in [-0.25, -0.2) is 0 Å². The molecule has 1 amide bonds. The molecule has 3 rings (SSSR count). The molecule has 0 unspecified atom stereocenters. The average molecular weight is 319 g/mol.